The molecule has 2 rings (SSSR count). The van der Waals surface area contributed by atoms with Gasteiger partial charge in [-0.1, -0.05) is 137 Å². The molecule has 2 aliphatic rings. The van der Waals surface area contributed by atoms with Gasteiger partial charge in [-0.3, -0.25) is 4.79 Å². The predicted molar refractivity (Wildman–Crippen MR) is 251 cm³/mol. The molecule has 11 unspecified atom stereocenters. The van der Waals surface area contributed by atoms with Crippen LogP contribution in [0.15, 0.2) is 97.2 Å². The lowest BCUT2D eigenvalue weighted by molar-refractivity contribution is -0.332. The number of carbonyl (C=O) groups is 1. The summed E-state index contributed by atoms with van der Waals surface area (Å²) in [5.41, 5.74) is 0. The Morgan fingerprint density at radius 2 is 0.954 bits per heavy atom. The molecule has 2 aliphatic heterocycles. The zero-order chi connectivity index (χ0) is 47.3. The summed E-state index contributed by atoms with van der Waals surface area (Å²) in [4.78, 5) is 12.9. The summed E-state index contributed by atoms with van der Waals surface area (Å²) in [5.74, 6) is -0.513. The number of aliphatic hydroxyl groups excluding tert-OH is 7. The van der Waals surface area contributed by atoms with Crippen molar-refractivity contribution in [2.75, 3.05) is 33.0 Å². The molecule has 7 N–H and O–H groups in total. The lowest BCUT2D eigenvalue weighted by Gasteiger charge is -2.42. The minimum absolute atomic E-state index is 0.00596. The molecule has 2 saturated heterocycles. The molecule has 11 atom stereocenters. The maximum atomic E-state index is 12.9. The van der Waals surface area contributed by atoms with Crippen molar-refractivity contribution in [3.05, 3.63) is 97.2 Å². The number of hydrogen-bond acceptors (Lipinski definition) is 14. The van der Waals surface area contributed by atoms with Crippen LogP contribution < -0.4 is 0 Å². The molecule has 0 aromatic carbocycles. The van der Waals surface area contributed by atoms with Crippen molar-refractivity contribution < 1.29 is 69.0 Å². The molecule has 0 aromatic heterocycles. The van der Waals surface area contributed by atoms with Gasteiger partial charge in [0.05, 0.1) is 32.8 Å². The minimum Gasteiger partial charge on any atom is -0.457 e. The van der Waals surface area contributed by atoms with E-state index in [-0.39, 0.29) is 19.6 Å². The normalized spacial score (nSPS) is 27.4. The van der Waals surface area contributed by atoms with Crippen LogP contribution in [0.1, 0.15) is 117 Å². The number of aliphatic hydroxyl groups is 7. The number of allylic oxidation sites excluding steroid dienone is 15. The Morgan fingerprint density at radius 3 is 1.49 bits per heavy atom. The highest BCUT2D eigenvalue weighted by Crippen LogP contribution is 2.26. The van der Waals surface area contributed by atoms with Gasteiger partial charge in [0.25, 0.3) is 0 Å². The van der Waals surface area contributed by atoms with Gasteiger partial charge in [-0.15, -0.1) is 0 Å². The molecule has 0 amide bonds. The fourth-order valence-electron chi connectivity index (χ4n) is 6.78. The molecule has 14 nitrogen and oxygen atoms in total. The summed E-state index contributed by atoms with van der Waals surface area (Å²) in [6.07, 6.45) is 32.2. The lowest BCUT2D eigenvalue weighted by Crippen LogP contribution is -2.61. The summed E-state index contributed by atoms with van der Waals surface area (Å²) >= 11 is 0. The molecule has 0 saturated carbocycles. The van der Waals surface area contributed by atoms with Crippen molar-refractivity contribution in [3.63, 3.8) is 0 Å². The van der Waals surface area contributed by atoms with Gasteiger partial charge in [0, 0.05) is 6.61 Å². The lowest BCUT2D eigenvalue weighted by atomic mass is 9.98. The van der Waals surface area contributed by atoms with Crippen LogP contribution in [-0.2, 0) is 33.2 Å². The Hall–Kier alpha value is -3.09. The Balaban J connectivity index is 1.85. The molecular formula is C51H82O14. The average molecular weight is 919 g/mol. The number of rotatable bonds is 35. The largest absolute Gasteiger partial charge is 0.457 e. The second-order valence-corrected chi connectivity index (χ2v) is 16.2. The Morgan fingerprint density at radius 1 is 0.508 bits per heavy atom. The van der Waals surface area contributed by atoms with Crippen LogP contribution in [0.2, 0.25) is 0 Å². The van der Waals surface area contributed by atoms with Gasteiger partial charge in [0.1, 0.15) is 54.9 Å². The van der Waals surface area contributed by atoms with E-state index in [1.807, 2.05) is 12.2 Å². The van der Waals surface area contributed by atoms with Gasteiger partial charge >= 0.3 is 5.97 Å². The first-order valence-electron chi connectivity index (χ1n) is 23.8. The van der Waals surface area contributed by atoms with E-state index in [0.29, 0.717) is 13.0 Å². The van der Waals surface area contributed by atoms with Gasteiger partial charge in [0.2, 0.25) is 0 Å². The number of carbonyl (C=O) groups excluding carboxylic acids is 1. The van der Waals surface area contributed by atoms with E-state index in [2.05, 4.69) is 92.8 Å². The molecule has 0 aliphatic carbocycles. The Bertz CT molecular complexity index is 1440. The SMILES string of the molecule is CC/C=C\C/C=C\C/C=C\C/C=C\C/C=C\CC(=O)OC(COCCCCCCCC/C=C\C/C=C\C/C=C\CC)COC1OC(COC2OC(CO)C(O)C(O)C2O)C(O)C(O)C1O. The first-order chi connectivity index (χ1) is 31.6. The van der Waals surface area contributed by atoms with Crippen LogP contribution in [0.25, 0.3) is 0 Å². The van der Waals surface area contributed by atoms with E-state index in [4.69, 9.17) is 28.4 Å². The van der Waals surface area contributed by atoms with E-state index in [9.17, 15) is 40.5 Å². The quantitative estimate of drug-likeness (QED) is 0.0212. The fraction of sp³-hybridized carbons (Fsp3) is 0.667. The number of unbranched alkanes of at least 4 members (excludes halogenated alkanes) is 6. The second kappa shape index (κ2) is 37.9. The van der Waals surface area contributed by atoms with Crippen molar-refractivity contribution in [2.24, 2.45) is 0 Å². The molecule has 0 radical (unpaired) electrons. The summed E-state index contributed by atoms with van der Waals surface area (Å²) < 4.78 is 34.0. The number of hydrogen-bond donors (Lipinski definition) is 7. The number of esters is 1. The molecule has 65 heavy (non-hydrogen) atoms. The van der Waals surface area contributed by atoms with Crippen LogP contribution in [0.3, 0.4) is 0 Å². The van der Waals surface area contributed by atoms with Crippen molar-refractivity contribution in [1.29, 1.82) is 0 Å². The summed E-state index contributed by atoms with van der Waals surface area (Å²) in [5, 5.41) is 72.0. The third-order valence-electron chi connectivity index (χ3n) is 10.6. The third-order valence-corrected chi connectivity index (χ3v) is 10.6. The van der Waals surface area contributed by atoms with Crippen molar-refractivity contribution in [3.8, 4) is 0 Å². The van der Waals surface area contributed by atoms with E-state index in [0.717, 1.165) is 89.9 Å². The number of ether oxygens (including phenoxy) is 6. The van der Waals surface area contributed by atoms with Crippen molar-refractivity contribution in [2.45, 2.75) is 184 Å². The van der Waals surface area contributed by atoms with Crippen molar-refractivity contribution >= 4 is 5.97 Å². The highest BCUT2D eigenvalue weighted by molar-refractivity contribution is 5.71. The molecule has 2 fully saturated rings. The first kappa shape index (κ1) is 58.0. The van der Waals surface area contributed by atoms with Gasteiger partial charge in [-0.05, 0) is 70.6 Å². The summed E-state index contributed by atoms with van der Waals surface area (Å²) in [6.45, 7) is 3.26. The zero-order valence-corrected chi connectivity index (χ0v) is 38.9. The second-order valence-electron chi connectivity index (χ2n) is 16.2. The van der Waals surface area contributed by atoms with Crippen LogP contribution in [0, 0.1) is 0 Å². The summed E-state index contributed by atoms with van der Waals surface area (Å²) in [6, 6.07) is 0. The predicted octanol–water partition coefficient (Wildman–Crippen LogP) is 6.29. The zero-order valence-electron chi connectivity index (χ0n) is 38.9. The van der Waals surface area contributed by atoms with E-state index >= 15 is 0 Å². The highest BCUT2D eigenvalue weighted by atomic mass is 16.7. The van der Waals surface area contributed by atoms with Crippen LogP contribution in [-0.4, -0.2) is 142 Å². The molecule has 2 heterocycles. The Labute approximate surface area is 388 Å². The van der Waals surface area contributed by atoms with E-state index in [1.165, 1.54) is 0 Å². The monoisotopic (exact) mass is 919 g/mol. The third kappa shape index (κ3) is 26.1. The maximum Gasteiger partial charge on any atom is 0.310 e. The molecule has 0 aromatic rings. The molecule has 0 bridgehead atoms. The molecule has 14 heteroatoms. The average Bonchev–Trinajstić information content (AvgIpc) is 3.30. The van der Waals surface area contributed by atoms with Crippen LogP contribution >= 0.6 is 0 Å². The van der Waals surface area contributed by atoms with Crippen LogP contribution in [0.4, 0.5) is 0 Å². The molecule has 0 spiro atoms. The van der Waals surface area contributed by atoms with E-state index in [1.54, 1.807) is 6.08 Å². The summed E-state index contributed by atoms with van der Waals surface area (Å²) in [7, 11) is 0. The molecule has 370 valence electrons. The van der Waals surface area contributed by atoms with Crippen molar-refractivity contribution in [1.82, 2.24) is 0 Å². The standard InChI is InChI=1S/C51H82O14/c1-3-5-7-9-11-13-15-17-19-21-23-25-27-29-31-33-35-60-37-40(63-43(53)34-32-30-28-26-24-22-20-18-16-14-12-10-8-6-4-2)38-61-50-49(59)47(57)45(55)42(65-50)39-62-51-48(58)46(56)44(54)41(36-52)64-51/h5-8,11-14,17-20,24,26,30,32,40-42,44-52,54-59H,3-4,9-10,15-16,21-23,25,27-29,31,33-39H2,1-2H3/b7-5-,8-6-,13-11-,14-12-,19-17-,20-18-,26-24-,32-30-. The fourth-order valence-corrected chi connectivity index (χ4v) is 6.78. The minimum atomic E-state index is -1.73. The van der Waals surface area contributed by atoms with E-state index < -0.39 is 86.7 Å². The van der Waals surface area contributed by atoms with Gasteiger partial charge in [0.15, 0.2) is 12.6 Å². The van der Waals surface area contributed by atoms with Gasteiger partial charge < -0.3 is 64.2 Å². The molecular weight excluding hydrogens is 837 g/mol. The topological polar surface area (TPSA) is 214 Å². The first-order valence-corrected chi connectivity index (χ1v) is 23.8. The van der Waals surface area contributed by atoms with Gasteiger partial charge in [-0.25, -0.2) is 0 Å². The van der Waals surface area contributed by atoms with Crippen LogP contribution in [0.5, 0.6) is 0 Å². The highest BCUT2D eigenvalue weighted by Gasteiger charge is 2.47. The van der Waals surface area contributed by atoms with Gasteiger partial charge in [-0.2, -0.15) is 0 Å². The Kier molecular flexibility index (Phi) is 33.9. The maximum absolute atomic E-state index is 12.9. The smallest absolute Gasteiger partial charge is 0.310 e.